The van der Waals surface area contributed by atoms with Gasteiger partial charge in [-0.1, -0.05) is 75.1 Å². The SMILES string of the molecule is CC(=O)O[C@@H]1C[C@@H]2C[C@@](O)(C#Cc3ccc(-c4ccccc4)cc3)CC[C@]2(C)[C@H]2CC[C@]3(C)[C@@H]([C@H](C)CCC(=O)O)CC[C@H]3[C@H]12. The van der Waals surface area contributed by atoms with E-state index < -0.39 is 11.6 Å². The van der Waals surface area contributed by atoms with Gasteiger partial charge in [-0.25, -0.2) is 0 Å². The maximum absolute atomic E-state index is 12.5. The number of hydrogen-bond donors (Lipinski definition) is 2. The number of benzene rings is 2. The van der Waals surface area contributed by atoms with Gasteiger partial charge in [0.25, 0.3) is 0 Å². The third kappa shape index (κ3) is 6.08. The van der Waals surface area contributed by atoms with Gasteiger partial charge < -0.3 is 14.9 Å². The molecule has 5 nitrogen and oxygen atoms in total. The van der Waals surface area contributed by atoms with Crippen molar-refractivity contribution in [3.63, 3.8) is 0 Å². The van der Waals surface area contributed by atoms with E-state index in [2.05, 4.69) is 56.9 Å². The number of carbonyl (C=O) groups is 2. The molecule has 0 radical (unpaired) electrons. The number of aliphatic carboxylic acids is 1. The highest BCUT2D eigenvalue weighted by atomic mass is 16.5. The number of aliphatic hydroxyl groups is 1. The first-order valence-corrected chi connectivity index (χ1v) is 17.2. The number of rotatable bonds is 6. The molecule has 0 amide bonds. The third-order valence-corrected chi connectivity index (χ3v) is 13.0. The van der Waals surface area contributed by atoms with Gasteiger partial charge in [0.05, 0.1) is 0 Å². The molecule has 6 rings (SSSR count). The second kappa shape index (κ2) is 12.3. The smallest absolute Gasteiger partial charge is 0.303 e. The van der Waals surface area contributed by atoms with E-state index in [1.165, 1.54) is 12.5 Å². The minimum atomic E-state index is -1.06. The molecule has 240 valence electrons. The molecule has 10 atom stereocenters. The van der Waals surface area contributed by atoms with Crippen LogP contribution in [0.15, 0.2) is 54.6 Å². The van der Waals surface area contributed by atoms with Gasteiger partial charge >= 0.3 is 11.9 Å². The molecule has 0 spiro atoms. The zero-order valence-corrected chi connectivity index (χ0v) is 27.4. The van der Waals surface area contributed by atoms with Crippen molar-refractivity contribution in [1.29, 1.82) is 0 Å². The second-order valence-corrected chi connectivity index (χ2v) is 15.4. The lowest BCUT2D eigenvalue weighted by atomic mass is 9.43. The zero-order chi connectivity index (χ0) is 32.0. The fraction of sp³-hybridized carbons (Fsp3) is 0.600. The summed E-state index contributed by atoms with van der Waals surface area (Å²) >= 11 is 0. The van der Waals surface area contributed by atoms with Crippen LogP contribution in [0, 0.1) is 58.2 Å². The van der Waals surface area contributed by atoms with Crippen molar-refractivity contribution < 1.29 is 24.5 Å². The van der Waals surface area contributed by atoms with Gasteiger partial charge in [0.2, 0.25) is 0 Å². The molecule has 2 aromatic carbocycles. The lowest BCUT2D eigenvalue weighted by molar-refractivity contribution is -0.198. The van der Waals surface area contributed by atoms with E-state index in [-0.39, 0.29) is 35.2 Å². The molecular weight excluding hydrogens is 560 g/mol. The molecule has 5 heteroatoms. The van der Waals surface area contributed by atoms with Gasteiger partial charge in [0.1, 0.15) is 11.7 Å². The third-order valence-electron chi connectivity index (χ3n) is 13.0. The first-order chi connectivity index (χ1) is 21.4. The van der Waals surface area contributed by atoms with Crippen LogP contribution in [0.2, 0.25) is 0 Å². The van der Waals surface area contributed by atoms with Crippen LogP contribution < -0.4 is 0 Å². The molecule has 4 fully saturated rings. The Kier molecular flexibility index (Phi) is 8.68. The van der Waals surface area contributed by atoms with Gasteiger partial charge in [-0.3, -0.25) is 9.59 Å². The van der Waals surface area contributed by atoms with Crippen LogP contribution in [-0.2, 0) is 14.3 Å². The maximum atomic E-state index is 12.5. The summed E-state index contributed by atoms with van der Waals surface area (Å²) in [7, 11) is 0. The highest BCUT2D eigenvalue weighted by molar-refractivity contribution is 5.67. The molecule has 4 aliphatic rings. The van der Waals surface area contributed by atoms with E-state index in [1.54, 1.807) is 0 Å². The van der Waals surface area contributed by atoms with Crippen LogP contribution in [-0.4, -0.2) is 33.9 Å². The van der Waals surface area contributed by atoms with Crippen molar-refractivity contribution in [2.24, 2.45) is 46.3 Å². The summed E-state index contributed by atoms with van der Waals surface area (Å²) < 4.78 is 6.19. The Hall–Kier alpha value is -3.10. The Morgan fingerprint density at radius 1 is 0.933 bits per heavy atom. The largest absolute Gasteiger partial charge is 0.481 e. The van der Waals surface area contributed by atoms with Crippen molar-refractivity contribution in [1.82, 2.24) is 0 Å². The van der Waals surface area contributed by atoms with Crippen molar-refractivity contribution in [2.75, 3.05) is 0 Å². The monoisotopic (exact) mass is 610 g/mol. The minimum Gasteiger partial charge on any atom is -0.481 e. The van der Waals surface area contributed by atoms with Crippen LogP contribution in [0.3, 0.4) is 0 Å². The van der Waals surface area contributed by atoms with Crippen LogP contribution in [0.4, 0.5) is 0 Å². The number of carboxylic acid groups (broad SMARTS) is 1. The second-order valence-electron chi connectivity index (χ2n) is 15.4. The average Bonchev–Trinajstić information content (AvgIpc) is 3.37. The van der Waals surface area contributed by atoms with Gasteiger partial charge in [-0.2, -0.15) is 0 Å². The molecule has 4 saturated carbocycles. The molecule has 4 aliphatic carbocycles. The van der Waals surface area contributed by atoms with Crippen LogP contribution in [0.5, 0.6) is 0 Å². The van der Waals surface area contributed by atoms with Gasteiger partial charge in [0, 0.05) is 24.8 Å². The predicted octanol–water partition coefficient (Wildman–Crippen LogP) is 8.14. The molecule has 0 unspecified atom stereocenters. The molecule has 0 aromatic heterocycles. The summed E-state index contributed by atoms with van der Waals surface area (Å²) in [5, 5.41) is 21.2. The summed E-state index contributed by atoms with van der Waals surface area (Å²) in [6, 6.07) is 18.5. The lowest BCUT2D eigenvalue weighted by Crippen LogP contribution is -2.60. The number of hydrogen-bond acceptors (Lipinski definition) is 4. The van der Waals surface area contributed by atoms with Crippen LogP contribution in [0.25, 0.3) is 11.1 Å². The normalized spacial score (nSPS) is 37.6. The van der Waals surface area contributed by atoms with Crippen molar-refractivity contribution in [2.45, 2.75) is 104 Å². The van der Waals surface area contributed by atoms with Crippen molar-refractivity contribution in [3.8, 4) is 23.0 Å². The molecular formula is C40H50O5. The molecule has 0 heterocycles. The highest BCUT2D eigenvalue weighted by Crippen LogP contribution is 2.69. The Bertz CT molecular complexity index is 1450. The molecule has 0 bridgehead atoms. The average molecular weight is 611 g/mol. The Balaban J connectivity index is 1.21. The standard InChI is InChI=1S/C40H50O5/c1-26(10-17-36(42)43)32-15-16-33-37-34(19-20-39(32,33)4)38(3)22-23-40(44,25-31(38)24-35(37)45-27(2)41)21-18-28-11-13-30(14-12-28)29-8-6-5-7-9-29/h5-9,11-14,26,31-35,37,44H,10,15-17,19-20,22-25H2,1-4H3,(H,42,43)/t26-,31-,32-,33+,34+,35-,37+,38+,39-,40-/m1/s1. The van der Waals surface area contributed by atoms with Gasteiger partial charge in [-0.15, -0.1) is 0 Å². The summed E-state index contributed by atoms with van der Waals surface area (Å²) in [5.41, 5.74) is 2.37. The quantitative estimate of drug-likeness (QED) is 0.255. The summed E-state index contributed by atoms with van der Waals surface area (Å²) in [6.45, 7) is 8.67. The Morgan fingerprint density at radius 2 is 1.62 bits per heavy atom. The Morgan fingerprint density at radius 3 is 2.31 bits per heavy atom. The van der Waals surface area contributed by atoms with Crippen molar-refractivity contribution in [3.05, 3.63) is 60.2 Å². The van der Waals surface area contributed by atoms with Crippen LogP contribution in [0.1, 0.15) is 97.5 Å². The number of carboxylic acids is 1. The number of ether oxygens (including phenoxy) is 1. The van der Waals surface area contributed by atoms with E-state index in [1.807, 2.05) is 30.3 Å². The first-order valence-electron chi connectivity index (χ1n) is 17.2. The fourth-order valence-electron chi connectivity index (χ4n) is 10.7. The number of fused-ring (bicyclic) bond motifs is 5. The van der Waals surface area contributed by atoms with E-state index >= 15 is 0 Å². The Labute approximate surface area is 269 Å². The topological polar surface area (TPSA) is 83.8 Å². The summed E-state index contributed by atoms with van der Waals surface area (Å²) in [5.74, 6) is 7.96. The van der Waals surface area contributed by atoms with E-state index in [0.717, 1.165) is 56.1 Å². The van der Waals surface area contributed by atoms with E-state index in [4.69, 9.17) is 4.74 Å². The molecule has 0 aliphatic heterocycles. The maximum Gasteiger partial charge on any atom is 0.303 e. The predicted molar refractivity (Wildman–Crippen MR) is 176 cm³/mol. The minimum absolute atomic E-state index is 0.0703. The molecule has 2 N–H and O–H groups in total. The highest BCUT2D eigenvalue weighted by Gasteiger charge is 2.64. The van der Waals surface area contributed by atoms with Crippen molar-refractivity contribution >= 4 is 11.9 Å². The zero-order valence-electron chi connectivity index (χ0n) is 27.4. The molecule has 0 saturated heterocycles. The van der Waals surface area contributed by atoms with E-state index in [0.29, 0.717) is 42.4 Å². The fourth-order valence-corrected chi connectivity index (χ4v) is 10.7. The van der Waals surface area contributed by atoms with Gasteiger partial charge in [0.15, 0.2) is 0 Å². The van der Waals surface area contributed by atoms with Gasteiger partial charge in [-0.05, 0) is 121 Å². The summed E-state index contributed by atoms with van der Waals surface area (Å²) in [6.07, 6.45) is 8.25. The molecule has 45 heavy (non-hydrogen) atoms. The number of esters is 1. The van der Waals surface area contributed by atoms with E-state index in [9.17, 15) is 19.8 Å². The summed E-state index contributed by atoms with van der Waals surface area (Å²) in [4.78, 5) is 23.8. The number of carbonyl (C=O) groups excluding carboxylic acids is 1. The lowest BCUT2D eigenvalue weighted by Gasteiger charge is -2.63. The first kappa shape index (κ1) is 31.9. The van der Waals surface area contributed by atoms with Crippen LogP contribution >= 0.6 is 0 Å². The molecule has 2 aromatic rings.